The highest BCUT2D eigenvalue weighted by Crippen LogP contribution is 2.15. The van der Waals surface area contributed by atoms with Gasteiger partial charge in [-0.15, -0.1) is 0 Å². The summed E-state index contributed by atoms with van der Waals surface area (Å²) >= 11 is 0. The Balaban J connectivity index is 2.09. The summed E-state index contributed by atoms with van der Waals surface area (Å²) in [6, 6.07) is 0.765. The highest BCUT2D eigenvalue weighted by Gasteiger charge is 2.21. The lowest BCUT2D eigenvalue weighted by molar-refractivity contribution is 0.113. The van der Waals surface area contributed by atoms with E-state index in [1.165, 1.54) is 25.9 Å². The van der Waals surface area contributed by atoms with Crippen LogP contribution in [0.1, 0.15) is 19.8 Å². The molecule has 0 amide bonds. The first-order valence-electron chi connectivity index (χ1n) is 5.70. The Hall–Kier alpha value is -0.120. The lowest BCUT2D eigenvalue weighted by Crippen LogP contribution is -2.37. The van der Waals surface area contributed by atoms with Crippen molar-refractivity contribution in [3.8, 4) is 0 Å². The molecule has 0 spiro atoms. The molecule has 3 heteroatoms. The third kappa shape index (κ3) is 3.95. The van der Waals surface area contributed by atoms with Crippen molar-refractivity contribution in [2.75, 3.05) is 46.9 Å². The molecule has 1 unspecified atom stereocenters. The van der Waals surface area contributed by atoms with E-state index in [1.807, 2.05) is 6.92 Å². The van der Waals surface area contributed by atoms with Crippen molar-refractivity contribution in [2.24, 2.45) is 0 Å². The first-order valence-corrected chi connectivity index (χ1v) is 5.70. The van der Waals surface area contributed by atoms with Crippen molar-refractivity contribution < 1.29 is 4.74 Å². The molecule has 0 aromatic heterocycles. The maximum atomic E-state index is 5.34. The largest absolute Gasteiger partial charge is 0.380 e. The van der Waals surface area contributed by atoms with Gasteiger partial charge in [-0.05, 0) is 40.4 Å². The number of ether oxygens (including phenoxy) is 1. The molecule has 0 aromatic rings. The van der Waals surface area contributed by atoms with Gasteiger partial charge in [-0.1, -0.05) is 0 Å². The van der Waals surface area contributed by atoms with Crippen molar-refractivity contribution in [1.29, 1.82) is 0 Å². The fourth-order valence-electron chi connectivity index (χ4n) is 2.03. The van der Waals surface area contributed by atoms with Crippen LogP contribution in [0.25, 0.3) is 0 Å². The van der Waals surface area contributed by atoms with Crippen molar-refractivity contribution in [3.63, 3.8) is 0 Å². The van der Waals surface area contributed by atoms with Gasteiger partial charge in [0.05, 0.1) is 6.61 Å². The number of hydrogen-bond acceptors (Lipinski definition) is 3. The van der Waals surface area contributed by atoms with Gasteiger partial charge in [0.2, 0.25) is 0 Å². The molecule has 1 aliphatic rings. The Morgan fingerprint density at radius 3 is 2.86 bits per heavy atom. The SMILES string of the molecule is CCOCCN(C)CC1CCCN1C. The summed E-state index contributed by atoms with van der Waals surface area (Å²) < 4.78 is 5.34. The van der Waals surface area contributed by atoms with Crippen LogP contribution in [0.15, 0.2) is 0 Å². The van der Waals surface area contributed by atoms with Gasteiger partial charge >= 0.3 is 0 Å². The van der Waals surface area contributed by atoms with Crippen molar-refractivity contribution in [2.45, 2.75) is 25.8 Å². The molecular formula is C11H24N2O. The Morgan fingerprint density at radius 1 is 1.50 bits per heavy atom. The maximum absolute atomic E-state index is 5.34. The number of nitrogens with zero attached hydrogens (tertiary/aromatic N) is 2. The van der Waals surface area contributed by atoms with E-state index in [0.717, 1.165) is 25.8 Å². The standard InChI is InChI=1S/C11H24N2O/c1-4-14-9-8-12(2)10-11-6-5-7-13(11)3/h11H,4-10H2,1-3H3. The normalized spacial score (nSPS) is 23.6. The number of likely N-dealkylation sites (N-methyl/N-ethyl adjacent to an activating group) is 2. The van der Waals surface area contributed by atoms with E-state index in [-0.39, 0.29) is 0 Å². The summed E-state index contributed by atoms with van der Waals surface area (Å²) in [5, 5.41) is 0. The summed E-state index contributed by atoms with van der Waals surface area (Å²) in [6.07, 6.45) is 2.72. The molecule has 1 fully saturated rings. The van der Waals surface area contributed by atoms with E-state index in [1.54, 1.807) is 0 Å². The molecular weight excluding hydrogens is 176 g/mol. The van der Waals surface area contributed by atoms with E-state index in [0.29, 0.717) is 0 Å². The van der Waals surface area contributed by atoms with Gasteiger partial charge in [0, 0.05) is 25.7 Å². The van der Waals surface area contributed by atoms with Crippen LogP contribution in [0.3, 0.4) is 0 Å². The zero-order valence-electron chi connectivity index (χ0n) is 9.83. The van der Waals surface area contributed by atoms with Gasteiger partial charge in [0.15, 0.2) is 0 Å². The van der Waals surface area contributed by atoms with Crippen LogP contribution >= 0.6 is 0 Å². The molecule has 14 heavy (non-hydrogen) atoms. The molecule has 0 N–H and O–H groups in total. The first-order chi connectivity index (χ1) is 6.74. The minimum Gasteiger partial charge on any atom is -0.380 e. The van der Waals surface area contributed by atoms with Crippen molar-refractivity contribution in [3.05, 3.63) is 0 Å². The van der Waals surface area contributed by atoms with Gasteiger partial charge in [-0.25, -0.2) is 0 Å². The molecule has 0 aliphatic carbocycles. The summed E-state index contributed by atoms with van der Waals surface area (Å²) in [5.74, 6) is 0. The average Bonchev–Trinajstić information content (AvgIpc) is 2.52. The Labute approximate surface area is 88.0 Å². The molecule has 0 saturated carbocycles. The van der Waals surface area contributed by atoms with E-state index in [4.69, 9.17) is 4.74 Å². The lowest BCUT2D eigenvalue weighted by Gasteiger charge is -2.25. The fraction of sp³-hybridized carbons (Fsp3) is 1.00. The quantitative estimate of drug-likeness (QED) is 0.596. The van der Waals surface area contributed by atoms with Crippen LogP contribution in [0.4, 0.5) is 0 Å². The third-order valence-electron chi connectivity index (χ3n) is 3.02. The van der Waals surface area contributed by atoms with Gasteiger partial charge in [0.1, 0.15) is 0 Å². The van der Waals surface area contributed by atoms with E-state index >= 15 is 0 Å². The molecule has 3 nitrogen and oxygen atoms in total. The molecule has 1 rings (SSSR count). The average molecular weight is 200 g/mol. The monoisotopic (exact) mass is 200 g/mol. The minimum atomic E-state index is 0.765. The van der Waals surface area contributed by atoms with Gasteiger partial charge in [0.25, 0.3) is 0 Å². The van der Waals surface area contributed by atoms with Gasteiger partial charge in [-0.2, -0.15) is 0 Å². The zero-order chi connectivity index (χ0) is 10.4. The molecule has 0 radical (unpaired) electrons. The number of rotatable bonds is 6. The molecule has 1 aliphatic heterocycles. The molecule has 1 atom stereocenters. The highest BCUT2D eigenvalue weighted by molar-refractivity contribution is 4.78. The Bertz CT molecular complexity index is 152. The van der Waals surface area contributed by atoms with Gasteiger partial charge in [-0.3, -0.25) is 0 Å². The van der Waals surface area contributed by atoms with Crippen LogP contribution in [0.5, 0.6) is 0 Å². The molecule has 1 heterocycles. The second-order valence-corrected chi connectivity index (χ2v) is 4.24. The maximum Gasteiger partial charge on any atom is 0.0593 e. The van der Waals surface area contributed by atoms with Crippen LogP contribution in [-0.2, 0) is 4.74 Å². The first kappa shape index (κ1) is 12.0. The predicted molar refractivity (Wildman–Crippen MR) is 59.6 cm³/mol. The topological polar surface area (TPSA) is 15.7 Å². The molecule has 0 bridgehead atoms. The predicted octanol–water partition coefficient (Wildman–Crippen LogP) is 1.05. The molecule has 0 aromatic carbocycles. The Morgan fingerprint density at radius 2 is 2.29 bits per heavy atom. The summed E-state index contributed by atoms with van der Waals surface area (Å²) in [4.78, 5) is 4.85. The third-order valence-corrected chi connectivity index (χ3v) is 3.02. The minimum absolute atomic E-state index is 0.765. The van der Waals surface area contributed by atoms with E-state index < -0.39 is 0 Å². The summed E-state index contributed by atoms with van der Waals surface area (Å²) in [7, 11) is 4.42. The molecule has 84 valence electrons. The van der Waals surface area contributed by atoms with Crippen molar-refractivity contribution >= 4 is 0 Å². The zero-order valence-corrected chi connectivity index (χ0v) is 9.83. The Kier molecular flexibility index (Phi) is 5.45. The number of hydrogen-bond donors (Lipinski definition) is 0. The highest BCUT2D eigenvalue weighted by atomic mass is 16.5. The van der Waals surface area contributed by atoms with Crippen molar-refractivity contribution in [1.82, 2.24) is 9.80 Å². The van der Waals surface area contributed by atoms with Crippen LogP contribution in [-0.4, -0.2) is 62.8 Å². The smallest absolute Gasteiger partial charge is 0.0593 e. The summed E-state index contributed by atoms with van der Waals surface area (Å²) in [6.45, 7) is 7.25. The summed E-state index contributed by atoms with van der Waals surface area (Å²) in [5.41, 5.74) is 0. The fourth-order valence-corrected chi connectivity index (χ4v) is 2.03. The van der Waals surface area contributed by atoms with E-state index in [2.05, 4.69) is 23.9 Å². The second-order valence-electron chi connectivity index (χ2n) is 4.24. The second kappa shape index (κ2) is 6.38. The lowest BCUT2D eigenvalue weighted by atomic mass is 10.2. The van der Waals surface area contributed by atoms with Gasteiger partial charge < -0.3 is 14.5 Å². The number of likely N-dealkylation sites (tertiary alicyclic amines) is 1. The van der Waals surface area contributed by atoms with E-state index in [9.17, 15) is 0 Å². The molecule has 1 saturated heterocycles. The van der Waals surface area contributed by atoms with Crippen LogP contribution in [0, 0.1) is 0 Å². The van der Waals surface area contributed by atoms with Crippen LogP contribution < -0.4 is 0 Å². The van der Waals surface area contributed by atoms with Crippen LogP contribution in [0.2, 0.25) is 0 Å².